The number of alkyl halides is 1. The number of ether oxygens (including phenoxy) is 1. The lowest BCUT2D eigenvalue weighted by molar-refractivity contribution is 0.162. The first kappa shape index (κ1) is 7.44. The molecule has 0 saturated heterocycles. The third-order valence-electron chi connectivity index (χ3n) is 0.567. The van der Waals surface area contributed by atoms with Crippen molar-refractivity contribution >= 4 is 15.9 Å². The van der Waals surface area contributed by atoms with Gasteiger partial charge in [0.25, 0.3) is 0 Å². The molecule has 0 aromatic rings. The average Bonchev–Trinajstić information content (AvgIpc) is 1.69. The molecule has 0 fully saturated rings. The minimum absolute atomic E-state index is 0.590. The summed E-state index contributed by atoms with van der Waals surface area (Å²) in [6, 6.07) is 0. The van der Waals surface area contributed by atoms with Crippen LogP contribution in [0, 0.1) is 6.92 Å². The lowest BCUT2D eigenvalue weighted by atomic mass is 10.5. The Morgan fingerprint density at radius 3 is 2.71 bits per heavy atom. The van der Waals surface area contributed by atoms with Crippen LogP contribution in [0.3, 0.4) is 0 Å². The molecule has 0 atom stereocenters. The number of rotatable bonds is 4. The molecule has 0 heterocycles. The van der Waals surface area contributed by atoms with E-state index >= 15 is 0 Å². The lowest BCUT2D eigenvalue weighted by Gasteiger charge is -1.94. The third-order valence-corrected chi connectivity index (χ3v) is 1.13. The summed E-state index contributed by atoms with van der Waals surface area (Å²) in [6.07, 6.45) is 1.08. The van der Waals surface area contributed by atoms with Crippen molar-refractivity contribution in [1.29, 1.82) is 0 Å². The van der Waals surface area contributed by atoms with Gasteiger partial charge < -0.3 is 4.74 Å². The highest BCUT2D eigenvalue weighted by Gasteiger charge is 1.79. The molecule has 7 heavy (non-hydrogen) atoms. The fourth-order valence-electron chi connectivity index (χ4n) is 0.259. The van der Waals surface area contributed by atoms with Crippen molar-refractivity contribution in [3.05, 3.63) is 6.92 Å². The summed E-state index contributed by atoms with van der Waals surface area (Å²) in [6.45, 7) is 4.94. The molecule has 0 aromatic heterocycles. The number of halogens is 1. The predicted octanol–water partition coefficient (Wildman–Crippen LogP) is 1.62. The zero-order chi connectivity index (χ0) is 5.54. The van der Waals surface area contributed by atoms with Gasteiger partial charge in [0.1, 0.15) is 0 Å². The summed E-state index contributed by atoms with van der Waals surface area (Å²) in [5.41, 5.74) is 0. The summed E-state index contributed by atoms with van der Waals surface area (Å²) in [5, 5.41) is 1.02. The number of hydrogen-bond acceptors (Lipinski definition) is 1. The summed E-state index contributed by atoms with van der Waals surface area (Å²) in [4.78, 5) is 0. The highest BCUT2D eigenvalue weighted by Crippen LogP contribution is 1.86. The normalized spacial score (nSPS) is 9.43. The van der Waals surface area contributed by atoms with Crippen LogP contribution in [0.15, 0.2) is 0 Å². The fourth-order valence-corrected chi connectivity index (χ4v) is 0.488. The summed E-state index contributed by atoms with van der Waals surface area (Å²) in [7, 11) is 0. The lowest BCUT2D eigenvalue weighted by Crippen LogP contribution is -1.92. The number of hydrogen-bond donors (Lipinski definition) is 0. The average molecular weight is 166 g/mol. The van der Waals surface area contributed by atoms with E-state index in [-0.39, 0.29) is 0 Å². The van der Waals surface area contributed by atoms with Crippen LogP contribution in [0.1, 0.15) is 6.42 Å². The van der Waals surface area contributed by atoms with E-state index in [1.807, 2.05) is 0 Å². The van der Waals surface area contributed by atoms with Gasteiger partial charge in [-0.05, 0) is 13.3 Å². The molecule has 1 nitrogen and oxygen atoms in total. The van der Waals surface area contributed by atoms with Gasteiger partial charge in [0.05, 0.1) is 0 Å². The molecule has 0 aliphatic rings. The van der Waals surface area contributed by atoms with Crippen LogP contribution in [0.4, 0.5) is 0 Å². The Kier molecular flexibility index (Phi) is 6.84. The Morgan fingerprint density at radius 2 is 2.29 bits per heavy atom. The predicted molar refractivity (Wildman–Crippen MR) is 34.6 cm³/mol. The van der Waals surface area contributed by atoms with Gasteiger partial charge in [-0.1, -0.05) is 15.9 Å². The van der Waals surface area contributed by atoms with E-state index in [4.69, 9.17) is 4.74 Å². The van der Waals surface area contributed by atoms with Gasteiger partial charge >= 0.3 is 0 Å². The quantitative estimate of drug-likeness (QED) is 0.455. The summed E-state index contributed by atoms with van der Waals surface area (Å²) < 4.78 is 4.93. The van der Waals surface area contributed by atoms with Gasteiger partial charge in [0, 0.05) is 18.5 Å². The molecule has 0 saturated carbocycles. The summed E-state index contributed by atoms with van der Waals surface area (Å²) in [5.74, 6) is 0. The SMILES string of the molecule is [CH2]COCCCBr. The van der Waals surface area contributed by atoms with Gasteiger partial charge in [0.15, 0.2) is 0 Å². The van der Waals surface area contributed by atoms with Crippen LogP contribution in [0.25, 0.3) is 0 Å². The van der Waals surface area contributed by atoms with E-state index in [1.165, 1.54) is 0 Å². The molecule has 0 aliphatic carbocycles. The minimum Gasteiger partial charge on any atom is -0.381 e. The highest BCUT2D eigenvalue weighted by atomic mass is 79.9. The molecular weight excluding hydrogens is 156 g/mol. The van der Waals surface area contributed by atoms with Crippen molar-refractivity contribution in [2.45, 2.75) is 6.42 Å². The molecule has 2 heteroatoms. The third kappa shape index (κ3) is 6.44. The molecule has 0 N–H and O–H groups in total. The van der Waals surface area contributed by atoms with Gasteiger partial charge in [-0.25, -0.2) is 0 Å². The Morgan fingerprint density at radius 1 is 1.57 bits per heavy atom. The van der Waals surface area contributed by atoms with Gasteiger partial charge in [-0.3, -0.25) is 0 Å². The first-order valence-electron chi connectivity index (χ1n) is 2.34. The first-order valence-corrected chi connectivity index (χ1v) is 3.47. The molecule has 43 valence electrons. The van der Waals surface area contributed by atoms with Crippen molar-refractivity contribution in [3.63, 3.8) is 0 Å². The molecule has 0 rings (SSSR count). The smallest absolute Gasteiger partial charge is 0.0474 e. The van der Waals surface area contributed by atoms with Crippen LogP contribution < -0.4 is 0 Å². The largest absolute Gasteiger partial charge is 0.381 e. The zero-order valence-corrected chi connectivity index (χ0v) is 5.91. The molecule has 0 spiro atoms. The van der Waals surface area contributed by atoms with Crippen molar-refractivity contribution in [2.24, 2.45) is 0 Å². The van der Waals surface area contributed by atoms with Gasteiger partial charge in [-0.15, -0.1) is 0 Å². The Labute approximate surface area is 53.2 Å². The second kappa shape index (κ2) is 6.44. The van der Waals surface area contributed by atoms with E-state index in [9.17, 15) is 0 Å². The second-order valence-electron chi connectivity index (χ2n) is 1.15. The standard InChI is InChI=1S/C5H10BrO/c1-2-7-5-3-4-6/h1-5H2. The summed E-state index contributed by atoms with van der Waals surface area (Å²) >= 11 is 3.28. The van der Waals surface area contributed by atoms with E-state index < -0.39 is 0 Å². The van der Waals surface area contributed by atoms with Crippen LogP contribution in [0.5, 0.6) is 0 Å². The van der Waals surface area contributed by atoms with Crippen LogP contribution in [-0.2, 0) is 4.74 Å². The molecule has 0 bridgehead atoms. The minimum atomic E-state index is 0.590. The molecule has 0 unspecified atom stereocenters. The Balaban J connectivity index is 2.45. The van der Waals surface area contributed by atoms with E-state index in [0.717, 1.165) is 18.4 Å². The van der Waals surface area contributed by atoms with E-state index in [2.05, 4.69) is 22.9 Å². The highest BCUT2D eigenvalue weighted by molar-refractivity contribution is 9.09. The van der Waals surface area contributed by atoms with E-state index in [0.29, 0.717) is 6.61 Å². The van der Waals surface area contributed by atoms with Gasteiger partial charge in [0.2, 0.25) is 0 Å². The van der Waals surface area contributed by atoms with E-state index in [1.54, 1.807) is 0 Å². The van der Waals surface area contributed by atoms with Crippen LogP contribution in [-0.4, -0.2) is 18.5 Å². The maximum absolute atomic E-state index is 4.93. The Hall–Kier alpha value is 0.440. The topological polar surface area (TPSA) is 9.23 Å². The molecule has 0 aliphatic heterocycles. The fraction of sp³-hybridized carbons (Fsp3) is 0.800. The van der Waals surface area contributed by atoms with Crippen LogP contribution >= 0.6 is 15.9 Å². The monoisotopic (exact) mass is 165 g/mol. The van der Waals surface area contributed by atoms with Gasteiger partial charge in [-0.2, -0.15) is 0 Å². The molecular formula is C5H10BrO. The zero-order valence-electron chi connectivity index (χ0n) is 4.32. The maximum atomic E-state index is 4.93. The first-order chi connectivity index (χ1) is 3.41. The van der Waals surface area contributed by atoms with Crippen molar-refractivity contribution < 1.29 is 4.74 Å². The van der Waals surface area contributed by atoms with Crippen molar-refractivity contribution in [1.82, 2.24) is 0 Å². The molecule has 1 radical (unpaired) electrons. The van der Waals surface area contributed by atoms with Crippen molar-refractivity contribution in [3.8, 4) is 0 Å². The van der Waals surface area contributed by atoms with Crippen LogP contribution in [0.2, 0.25) is 0 Å². The molecule has 0 amide bonds. The second-order valence-corrected chi connectivity index (χ2v) is 1.95. The maximum Gasteiger partial charge on any atom is 0.0474 e. The molecule has 0 aromatic carbocycles. The Bertz CT molecular complexity index is 27.3. The van der Waals surface area contributed by atoms with Crippen molar-refractivity contribution in [2.75, 3.05) is 18.5 Å².